The number of nitrogens with two attached hydrogens (primary N) is 1. The topological polar surface area (TPSA) is 63.3 Å². The van der Waals surface area contributed by atoms with E-state index in [-0.39, 0.29) is 29.4 Å². The molecule has 0 fully saturated rings. The van der Waals surface area contributed by atoms with E-state index in [1.165, 1.54) is 5.56 Å². The van der Waals surface area contributed by atoms with Crippen LogP contribution >= 0.6 is 35.6 Å². The Bertz CT molecular complexity index is 612. The van der Waals surface area contributed by atoms with E-state index in [1.54, 1.807) is 6.20 Å². The molecule has 0 bridgehead atoms. The highest BCUT2D eigenvalue weighted by Gasteiger charge is 2.20. The molecule has 0 saturated carbocycles. The number of benzene rings is 1. The molecule has 3 N–H and O–H groups in total. The van der Waals surface area contributed by atoms with E-state index in [4.69, 9.17) is 17.3 Å². The molecule has 0 atom stereocenters. The van der Waals surface area contributed by atoms with Crippen molar-refractivity contribution >= 4 is 47.4 Å². The molecule has 0 aliphatic rings. The Morgan fingerprint density at radius 1 is 1.23 bits per heavy atom. The predicted molar refractivity (Wildman–Crippen MR) is 104 cm³/mol. The Morgan fingerprint density at radius 2 is 1.91 bits per heavy atom. The highest BCUT2D eigenvalue weighted by Crippen LogP contribution is 2.24. The third-order valence-electron chi connectivity index (χ3n) is 3.19. The number of hydrogen-bond acceptors (Lipinski definition) is 2. The molecule has 1 aromatic carbocycles. The molecule has 0 spiro atoms. The molecule has 6 heteroatoms. The highest BCUT2D eigenvalue weighted by molar-refractivity contribution is 14.0. The summed E-state index contributed by atoms with van der Waals surface area (Å²) in [4.78, 5) is 8.54. The lowest BCUT2D eigenvalue weighted by molar-refractivity contribution is 0.540. The van der Waals surface area contributed by atoms with Gasteiger partial charge >= 0.3 is 0 Å². The van der Waals surface area contributed by atoms with Gasteiger partial charge in [-0.05, 0) is 29.8 Å². The third kappa shape index (κ3) is 5.46. The van der Waals surface area contributed by atoms with Gasteiger partial charge in [-0.3, -0.25) is 4.99 Å². The molecule has 0 aliphatic carbocycles. The Kier molecular flexibility index (Phi) is 7.09. The van der Waals surface area contributed by atoms with Gasteiger partial charge in [-0.1, -0.05) is 43.6 Å². The van der Waals surface area contributed by atoms with Crippen LogP contribution in [0.15, 0.2) is 53.7 Å². The van der Waals surface area contributed by atoms with Gasteiger partial charge < -0.3 is 11.1 Å². The van der Waals surface area contributed by atoms with Gasteiger partial charge in [0.1, 0.15) is 5.82 Å². The summed E-state index contributed by atoms with van der Waals surface area (Å²) in [5, 5.41) is 3.70. The first kappa shape index (κ1) is 18.7. The van der Waals surface area contributed by atoms with E-state index < -0.39 is 0 Å². The number of hydrogen-bond donors (Lipinski definition) is 2. The Labute approximate surface area is 153 Å². The number of aromatic nitrogens is 1. The van der Waals surface area contributed by atoms with Crippen molar-refractivity contribution in [3.05, 3.63) is 59.2 Å². The van der Waals surface area contributed by atoms with E-state index in [9.17, 15) is 0 Å². The van der Waals surface area contributed by atoms with Crippen molar-refractivity contribution < 1.29 is 0 Å². The van der Waals surface area contributed by atoms with Crippen molar-refractivity contribution in [2.24, 2.45) is 10.7 Å². The van der Waals surface area contributed by atoms with Crippen molar-refractivity contribution in [1.29, 1.82) is 0 Å². The van der Waals surface area contributed by atoms with Crippen LogP contribution in [0.1, 0.15) is 19.4 Å². The second kappa shape index (κ2) is 8.33. The van der Waals surface area contributed by atoms with E-state index in [1.807, 2.05) is 42.5 Å². The molecular weight excluding hydrogens is 411 g/mol. The SMILES string of the molecule is CC(C)(CN=C(N)Nc1ccccn1)c1ccc(Cl)cc1.I. The summed E-state index contributed by atoms with van der Waals surface area (Å²) in [6.45, 7) is 4.81. The van der Waals surface area contributed by atoms with Gasteiger partial charge in [-0.25, -0.2) is 4.98 Å². The van der Waals surface area contributed by atoms with Crippen LogP contribution in [0, 0.1) is 0 Å². The lowest BCUT2D eigenvalue weighted by Crippen LogP contribution is -2.28. The number of halogens is 2. The van der Waals surface area contributed by atoms with E-state index in [0.29, 0.717) is 18.3 Å². The fraction of sp³-hybridized carbons (Fsp3) is 0.250. The monoisotopic (exact) mass is 430 g/mol. The lowest BCUT2D eigenvalue weighted by Gasteiger charge is -2.23. The number of guanidine groups is 1. The van der Waals surface area contributed by atoms with Crippen LogP contribution in [0.3, 0.4) is 0 Å². The summed E-state index contributed by atoms with van der Waals surface area (Å²) in [7, 11) is 0. The molecule has 1 heterocycles. The summed E-state index contributed by atoms with van der Waals surface area (Å²) in [5.74, 6) is 1.04. The smallest absolute Gasteiger partial charge is 0.194 e. The zero-order chi connectivity index (χ0) is 15.3. The third-order valence-corrected chi connectivity index (χ3v) is 3.44. The van der Waals surface area contributed by atoms with Crippen LogP contribution < -0.4 is 11.1 Å². The Morgan fingerprint density at radius 3 is 2.50 bits per heavy atom. The van der Waals surface area contributed by atoms with E-state index >= 15 is 0 Å². The second-order valence-corrected chi connectivity index (χ2v) is 5.87. The summed E-state index contributed by atoms with van der Waals surface area (Å²) in [6, 6.07) is 13.4. The standard InChI is InChI=1S/C16H19ClN4.HI/c1-16(2,12-6-8-13(17)9-7-12)11-20-15(18)21-14-5-3-4-10-19-14;/h3-10H,11H2,1-2H3,(H3,18,19,20,21);1H. The maximum Gasteiger partial charge on any atom is 0.194 e. The predicted octanol–water partition coefficient (Wildman–Crippen LogP) is 4.06. The van der Waals surface area contributed by atoms with Gasteiger partial charge in [-0.15, -0.1) is 24.0 Å². The number of pyridine rings is 1. The molecule has 22 heavy (non-hydrogen) atoms. The fourth-order valence-corrected chi connectivity index (χ4v) is 2.01. The molecule has 0 unspecified atom stereocenters. The quantitative estimate of drug-likeness (QED) is 0.437. The van der Waals surface area contributed by atoms with Crippen molar-refractivity contribution in [2.75, 3.05) is 11.9 Å². The average Bonchev–Trinajstić information content (AvgIpc) is 2.47. The van der Waals surface area contributed by atoms with E-state index in [0.717, 1.165) is 5.02 Å². The van der Waals surface area contributed by atoms with Crippen LogP contribution in [-0.2, 0) is 5.41 Å². The zero-order valence-corrected chi connectivity index (χ0v) is 15.7. The molecule has 0 amide bonds. The first-order valence-electron chi connectivity index (χ1n) is 6.71. The molecule has 118 valence electrons. The number of anilines is 1. The maximum absolute atomic E-state index is 5.92. The molecule has 0 aliphatic heterocycles. The summed E-state index contributed by atoms with van der Waals surface area (Å²) >= 11 is 5.92. The van der Waals surface area contributed by atoms with Crippen LogP contribution in [0.5, 0.6) is 0 Å². The minimum absolute atomic E-state index is 0. The minimum Gasteiger partial charge on any atom is -0.370 e. The van der Waals surface area contributed by atoms with Crippen molar-refractivity contribution in [1.82, 2.24) is 4.98 Å². The van der Waals surface area contributed by atoms with Crippen molar-refractivity contribution in [2.45, 2.75) is 19.3 Å². The first-order chi connectivity index (χ1) is 9.97. The van der Waals surface area contributed by atoms with Crippen LogP contribution in [0.4, 0.5) is 5.82 Å². The van der Waals surface area contributed by atoms with Gasteiger partial charge in [-0.2, -0.15) is 0 Å². The Balaban J connectivity index is 0.00000242. The second-order valence-electron chi connectivity index (χ2n) is 5.43. The number of rotatable bonds is 4. The van der Waals surface area contributed by atoms with Crippen LogP contribution in [-0.4, -0.2) is 17.5 Å². The molecule has 1 aromatic heterocycles. The minimum atomic E-state index is -0.124. The summed E-state index contributed by atoms with van der Waals surface area (Å²) in [6.07, 6.45) is 1.70. The number of aliphatic imine (C=N–C) groups is 1. The van der Waals surface area contributed by atoms with Gasteiger partial charge in [0.15, 0.2) is 5.96 Å². The molecular formula is C16H20ClIN4. The van der Waals surface area contributed by atoms with Gasteiger partial charge in [0, 0.05) is 16.6 Å². The highest BCUT2D eigenvalue weighted by atomic mass is 127. The number of nitrogens with zero attached hydrogens (tertiary/aromatic N) is 2. The Hall–Kier alpha value is -1.34. The van der Waals surface area contributed by atoms with Gasteiger partial charge in [0.25, 0.3) is 0 Å². The largest absolute Gasteiger partial charge is 0.370 e. The van der Waals surface area contributed by atoms with Gasteiger partial charge in [0.05, 0.1) is 6.54 Å². The van der Waals surface area contributed by atoms with Crippen LogP contribution in [0.2, 0.25) is 5.02 Å². The molecule has 0 radical (unpaired) electrons. The van der Waals surface area contributed by atoms with E-state index in [2.05, 4.69) is 29.1 Å². The molecule has 4 nitrogen and oxygen atoms in total. The number of nitrogens with one attached hydrogen (secondary N) is 1. The molecule has 0 saturated heterocycles. The first-order valence-corrected chi connectivity index (χ1v) is 7.09. The molecule has 2 aromatic rings. The normalized spacial score (nSPS) is 11.7. The van der Waals surface area contributed by atoms with Crippen LogP contribution in [0.25, 0.3) is 0 Å². The summed E-state index contributed by atoms with van der Waals surface area (Å²) in [5.41, 5.74) is 6.94. The lowest BCUT2D eigenvalue weighted by atomic mass is 9.85. The maximum atomic E-state index is 5.92. The molecule has 2 rings (SSSR count). The van der Waals surface area contributed by atoms with Gasteiger partial charge in [0.2, 0.25) is 0 Å². The average molecular weight is 431 g/mol. The summed E-state index contributed by atoms with van der Waals surface area (Å²) < 4.78 is 0. The zero-order valence-electron chi connectivity index (χ0n) is 12.6. The van der Waals surface area contributed by atoms with Crippen molar-refractivity contribution in [3.8, 4) is 0 Å². The van der Waals surface area contributed by atoms with Crippen molar-refractivity contribution in [3.63, 3.8) is 0 Å². The fourth-order valence-electron chi connectivity index (χ4n) is 1.88.